The molecule has 0 saturated carbocycles. The second-order valence-corrected chi connectivity index (χ2v) is 10.6. The summed E-state index contributed by atoms with van der Waals surface area (Å²) in [6, 6.07) is 16.4. The van der Waals surface area contributed by atoms with Crippen LogP contribution in [-0.2, 0) is 16.3 Å². The van der Waals surface area contributed by atoms with Gasteiger partial charge in [-0.25, -0.2) is 13.2 Å². The highest BCUT2D eigenvalue weighted by molar-refractivity contribution is 7.92. The van der Waals surface area contributed by atoms with Gasteiger partial charge in [-0.15, -0.1) is 12.4 Å². The lowest BCUT2D eigenvalue weighted by Gasteiger charge is -2.32. The first-order valence-electron chi connectivity index (χ1n) is 10.6. The van der Waals surface area contributed by atoms with Crippen molar-refractivity contribution in [3.8, 4) is 0 Å². The van der Waals surface area contributed by atoms with Crippen LogP contribution in [0.4, 0.5) is 4.79 Å². The van der Waals surface area contributed by atoms with Gasteiger partial charge in [-0.3, -0.25) is 0 Å². The number of piperidine rings is 1. The van der Waals surface area contributed by atoms with Gasteiger partial charge in [0.05, 0.1) is 10.1 Å². The molecule has 0 aliphatic carbocycles. The molecule has 1 unspecified atom stereocenters. The van der Waals surface area contributed by atoms with Crippen LogP contribution in [0.3, 0.4) is 0 Å². The number of amides is 2. The minimum atomic E-state index is -3.53. The number of likely N-dealkylation sites (tertiary alicyclic amines) is 1. The first-order valence-corrected chi connectivity index (χ1v) is 12.5. The van der Waals surface area contributed by atoms with Crippen molar-refractivity contribution < 1.29 is 13.2 Å². The van der Waals surface area contributed by atoms with E-state index in [-0.39, 0.29) is 29.9 Å². The summed E-state index contributed by atoms with van der Waals surface area (Å²) in [5.41, 5.74) is 1.29. The third-order valence-corrected chi connectivity index (χ3v) is 8.03. The molecule has 2 aromatic carbocycles. The molecule has 0 spiro atoms. The van der Waals surface area contributed by atoms with Crippen LogP contribution in [0.25, 0.3) is 0 Å². The molecular formula is C23H31Cl2N3O3S. The number of sulfone groups is 1. The zero-order valence-electron chi connectivity index (χ0n) is 18.2. The SMILES string of the molecule is CN(CCNC(=O)N1CCCC(S(=O)(=O)c2cccc(Cl)c2)C1)CCc1ccccc1.Cl. The van der Waals surface area contributed by atoms with E-state index in [2.05, 4.69) is 22.3 Å². The van der Waals surface area contributed by atoms with Gasteiger partial charge in [0.1, 0.15) is 0 Å². The summed E-state index contributed by atoms with van der Waals surface area (Å²) in [6.45, 7) is 2.92. The lowest BCUT2D eigenvalue weighted by molar-refractivity contribution is 0.185. The highest BCUT2D eigenvalue weighted by Gasteiger charge is 2.33. The molecule has 1 heterocycles. The minimum Gasteiger partial charge on any atom is -0.337 e. The summed E-state index contributed by atoms with van der Waals surface area (Å²) in [5, 5.41) is 2.71. The van der Waals surface area contributed by atoms with Crippen molar-refractivity contribution in [2.75, 3.05) is 39.8 Å². The third-order valence-electron chi connectivity index (χ3n) is 5.62. The lowest BCUT2D eigenvalue weighted by Crippen LogP contribution is -2.50. The summed E-state index contributed by atoms with van der Waals surface area (Å²) >= 11 is 5.97. The molecule has 32 heavy (non-hydrogen) atoms. The Hall–Kier alpha value is -1.80. The summed E-state index contributed by atoms with van der Waals surface area (Å²) < 4.78 is 26.0. The quantitative estimate of drug-likeness (QED) is 0.598. The zero-order chi connectivity index (χ0) is 22.3. The number of benzene rings is 2. The Morgan fingerprint density at radius 1 is 1.16 bits per heavy atom. The number of carbonyl (C=O) groups excluding carboxylic acids is 1. The van der Waals surface area contributed by atoms with Gasteiger partial charge in [0.25, 0.3) is 0 Å². The molecule has 0 bridgehead atoms. The van der Waals surface area contributed by atoms with E-state index in [0.717, 1.165) is 19.5 Å². The second kappa shape index (κ2) is 12.4. The molecule has 9 heteroatoms. The predicted octanol–water partition coefficient (Wildman–Crippen LogP) is 3.88. The second-order valence-electron chi connectivity index (χ2n) is 7.98. The summed E-state index contributed by atoms with van der Waals surface area (Å²) in [7, 11) is -1.50. The first kappa shape index (κ1) is 26.5. The Balaban J connectivity index is 0.00000363. The number of likely N-dealkylation sites (N-methyl/N-ethyl adjacent to an activating group) is 1. The van der Waals surface area contributed by atoms with E-state index in [9.17, 15) is 13.2 Å². The molecule has 1 fully saturated rings. The molecule has 0 radical (unpaired) electrons. The Labute approximate surface area is 202 Å². The molecule has 1 aliphatic rings. The third kappa shape index (κ3) is 7.37. The molecule has 2 amide bonds. The zero-order valence-corrected chi connectivity index (χ0v) is 20.6. The molecule has 1 atom stereocenters. The first-order chi connectivity index (χ1) is 14.9. The predicted molar refractivity (Wildman–Crippen MR) is 132 cm³/mol. The standard InChI is InChI=1S/C23H30ClN3O3S.ClH/c1-26(15-12-19-7-3-2-4-8-19)16-13-25-23(28)27-14-6-11-22(18-27)31(29,30)21-10-5-9-20(24)17-21;/h2-5,7-10,17,22H,6,11-16,18H2,1H3,(H,25,28);1H. The van der Waals surface area contributed by atoms with Crippen molar-refractivity contribution in [2.45, 2.75) is 29.4 Å². The van der Waals surface area contributed by atoms with Crippen LogP contribution in [0.2, 0.25) is 5.02 Å². The molecule has 6 nitrogen and oxygen atoms in total. The number of nitrogens with zero attached hydrogens (tertiary/aromatic N) is 2. The highest BCUT2D eigenvalue weighted by Crippen LogP contribution is 2.25. The van der Waals surface area contributed by atoms with E-state index in [1.54, 1.807) is 23.1 Å². The van der Waals surface area contributed by atoms with Crippen LogP contribution in [0.15, 0.2) is 59.5 Å². The normalized spacial score (nSPS) is 16.5. The van der Waals surface area contributed by atoms with Gasteiger partial charge in [-0.1, -0.05) is 48.0 Å². The average molecular weight is 500 g/mol. The van der Waals surface area contributed by atoms with Gasteiger partial charge in [-0.2, -0.15) is 0 Å². The molecular weight excluding hydrogens is 469 g/mol. The van der Waals surface area contributed by atoms with Crippen LogP contribution in [0.5, 0.6) is 0 Å². The van der Waals surface area contributed by atoms with Crippen molar-refractivity contribution in [3.05, 3.63) is 65.2 Å². The summed E-state index contributed by atoms with van der Waals surface area (Å²) in [5.74, 6) is 0. The Kier molecular flexibility index (Phi) is 10.3. The molecule has 1 saturated heterocycles. The maximum absolute atomic E-state index is 13.0. The fourth-order valence-corrected chi connectivity index (χ4v) is 5.81. The van der Waals surface area contributed by atoms with E-state index in [4.69, 9.17) is 11.6 Å². The van der Waals surface area contributed by atoms with E-state index < -0.39 is 15.1 Å². The van der Waals surface area contributed by atoms with Gasteiger partial charge < -0.3 is 15.1 Å². The number of halogens is 2. The smallest absolute Gasteiger partial charge is 0.317 e. The number of hydrogen-bond acceptors (Lipinski definition) is 4. The van der Waals surface area contributed by atoms with Crippen molar-refractivity contribution >= 4 is 39.9 Å². The van der Waals surface area contributed by atoms with Crippen LogP contribution in [-0.4, -0.2) is 69.3 Å². The van der Waals surface area contributed by atoms with Crippen molar-refractivity contribution in [3.63, 3.8) is 0 Å². The van der Waals surface area contributed by atoms with Gasteiger partial charge in [0.2, 0.25) is 0 Å². The molecule has 2 aromatic rings. The van der Waals surface area contributed by atoms with E-state index in [0.29, 0.717) is 31.0 Å². The molecule has 1 aliphatic heterocycles. The number of carbonyl (C=O) groups is 1. The Morgan fingerprint density at radius 3 is 2.62 bits per heavy atom. The van der Waals surface area contributed by atoms with Crippen LogP contribution < -0.4 is 5.32 Å². The Bertz CT molecular complexity index is 973. The van der Waals surface area contributed by atoms with Crippen LogP contribution in [0.1, 0.15) is 18.4 Å². The monoisotopic (exact) mass is 499 g/mol. The summed E-state index contributed by atoms with van der Waals surface area (Å²) in [6.07, 6.45) is 2.16. The van der Waals surface area contributed by atoms with E-state index >= 15 is 0 Å². The average Bonchev–Trinajstić information content (AvgIpc) is 2.78. The molecule has 176 valence electrons. The number of hydrogen-bond donors (Lipinski definition) is 1. The molecule has 0 aromatic heterocycles. The lowest BCUT2D eigenvalue weighted by atomic mass is 10.1. The maximum Gasteiger partial charge on any atom is 0.317 e. The molecule has 1 N–H and O–H groups in total. The largest absolute Gasteiger partial charge is 0.337 e. The molecule has 3 rings (SSSR count). The number of nitrogens with one attached hydrogen (secondary N) is 1. The summed E-state index contributed by atoms with van der Waals surface area (Å²) in [4.78, 5) is 16.6. The maximum atomic E-state index is 13.0. The van der Waals surface area contributed by atoms with Crippen molar-refractivity contribution in [1.29, 1.82) is 0 Å². The van der Waals surface area contributed by atoms with Crippen LogP contribution >= 0.6 is 24.0 Å². The van der Waals surface area contributed by atoms with Gasteiger partial charge in [0, 0.05) is 37.7 Å². The number of rotatable bonds is 8. The fourth-order valence-electron chi connectivity index (χ4n) is 3.75. The van der Waals surface area contributed by atoms with E-state index in [1.807, 2.05) is 25.2 Å². The van der Waals surface area contributed by atoms with Gasteiger partial charge in [-0.05, 0) is 50.1 Å². The van der Waals surface area contributed by atoms with E-state index in [1.165, 1.54) is 11.6 Å². The van der Waals surface area contributed by atoms with Gasteiger partial charge >= 0.3 is 6.03 Å². The van der Waals surface area contributed by atoms with Crippen LogP contribution in [0, 0.1) is 0 Å². The highest BCUT2D eigenvalue weighted by atomic mass is 35.5. The van der Waals surface area contributed by atoms with Gasteiger partial charge in [0.15, 0.2) is 9.84 Å². The number of urea groups is 1. The fraction of sp³-hybridized carbons (Fsp3) is 0.435. The van der Waals surface area contributed by atoms with Crippen molar-refractivity contribution in [1.82, 2.24) is 15.1 Å². The minimum absolute atomic E-state index is 0. The Morgan fingerprint density at radius 2 is 1.91 bits per heavy atom. The topological polar surface area (TPSA) is 69.7 Å². The van der Waals surface area contributed by atoms with Crippen molar-refractivity contribution in [2.24, 2.45) is 0 Å².